The summed E-state index contributed by atoms with van der Waals surface area (Å²) < 4.78 is 15.8. The molecule has 0 aliphatic heterocycles. The van der Waals surface area contributed by atoms with Gasteiger partial charge in [0.05, 0.1) is 22.3 Å². The van der Waals surface area contributed by atoms with Gasteiger partial charge in [0, 0.05) is 5.56 Å². The number of nitrogens with zero attached hydrogens (tertiary/aromatic N) is 2. The molecule has 0 aliphatic carbocycles. The van der Waals surface area contributed by atoms with E-state index >= 15 is 0 Å². The molecule has 0 unspecified atom stereocenters. The van der Waals surface area contributed by atoms with Gasteiger partial charge in [0.15, 0.2) is 10.9 Å². The van der Waals surface area contributed by atoms with Crippen molar-refractivity contribution in [1.29, 1.82) is 0 Å². The lowest BCUT2D eigenvalue weighted by Crippen LogP contribution is -2.23. The number of carbonyl (C=O) groups is 1. The summed E-state index contributed by atoms with van der Waals surface area (Å²) in [6, 6.07) is 20.5. The number of Topliss-reactive ketones (excluding diaryl/α,β-unsaturated/α-hetero) is 1. The van der Waals surface area contributed by atoms with E-state index < -0.39 is 5.82 Å². The van der Waals surface area contributed by atoms with E-state index in [0.29, 0.717) is 16.5 Å². The second kappa shape index (κ2) is 8.63. The Morgan fingerprint density at radius 2 is 1.70 bits per heavy atom. The molecule has 0 spiro atoms. The Bertz CT molecular complexity index is 1280. The van der Waals surface area contributed by atoms with Gasteiger partial charge in [-0.2, -0.15) is 0 Å². The second-order valence-electron chi connectivity index (χ2n) is 6.77. The molecule has 0 radical (unpaired) electrons. The zero-order chi connectivity index (χ0) is 21.1. The van der Waals surface area contributed by atoms with E-state index in [0.717, 1.165) is 23.7 Å². The van der Waals surface area contributed by atoms with Crippen molar-refractivity contribution in [3.8, 4) is 5.69 Å². The Balaban J connectivity index is 1.74. The topological polar surface area (TPSA) is 52.0 Å². The number of hydrogen-bond acceptors (Lipinski definition) is 4. The molecule has 0 bridgehead atoms. The SMILES string of the molecule is CCc1ccc(C(=O)CSc2nc3ccccc3c(=O)n2-c2ccccc2F)cc1. The third-order valence-corrected chi connectivity index (χ3v) is 5.79. The highest BCUT2D eigenvalue weighted by Crippen LogP contribution is 2.23. The molecule has 30 heavy (non-hydrogen) atoms. The Morgan fingerprint density at radius 3 is 2.43 bits per heavy atom. The van der Waals surface area contributed by atoms with Crippen LogP contribution in [0.3, 0.4) is 0 Å². The van der Waals surface area contributed by atoms with Crippen LogP contribution in [0.1, 0.15) is 22.8 Å². The van der Waals surface area contributed by atoms with Crippen molar-refractivity contribution in [2.75, 3.05) is 5.75 Å². The summed E-state index contributed by atoms with van der Waals surface area (Å²) in [4.78, 5) is 30.4. The Kier molecular flexibility index (Phi) is 5.77. The quantitative estimate of drug-likeness (QED) is 0.249. The van der Waals surface area contributed by atoms with Gasteiger partial charge in [0.1, 0.15) is 5.82 Å². The number of thioether (sulfide) groups is 1. The molecule has 0 fully saturated rings. The summed E-state index contributed by atoms with van der Waals surface area (Å²) in [5.41, 5.74) is 2.01. The van der Waals surface area contributed by atoms with Gasteiger partial charge in [-0.15, -0.1) is 0 Å². The van der Waals surface area contributed by atoms with E-state index in [4.69, 9.17) is 0 Å². The number of benzene rings is 3. The fourth-order valence-corrected chi connectivity index (χ4v) is 4.09. The van der Waals surface area contributed by atoms with Crippen LogP contribution >= 0.6 is 11.8 Å². The molecule has 3 aromatic carbocycles. The van der Waals surface area contributed by atoms with Crippen LogP contribution in [-0.2, 0) is 6.42 Å². The lowest BCUT2D eigenvalue weighted by atomic mass is 10.1. The molecule has 0 saturated heterocycles. The molecule has 6 heteroatoms. The highest BCUT2D eigenvalue weighted by Gasteiger charge is 2.17. The molecule has 0 aliphatic rings. The normalized spacial score (nSPS) is 11.0. The maximum atomic E-state index is 14.5. The maximum absolute atomic E-state index is 14.5. The van der Waals surface area contributed by atoms with Crippen molar-refractivity contribution in [3.63, 3.8) is 0 Å². The van der Waals surface area contributed by atoms with Crippen LogP contribution in [0.4, 0.5) is 4.39 Å². The van der Waals surface area contributed by atoms with Crippen molar-refractivity contribution in [2.45, 2.75) is 18.5 Å². The minimum atomic E-state index is -0.528. The van der Waals surface area contributed by atoms with Crippen LogP contribution in [0, 0.1) is 5.82 Å². The number of carbonyl (C=O) groups excluding carboxylic acids is 1. The Labute approximate surface area is 177 Å². The number of aryl methyl sites for hydroxylation is 1. The third kappa shape index (κ3) is 3.91. The van der Waals surface area contributed by atoms with Gasteiger partial charge in [-0.3, -0.25) is 14.2 Å². The van der Waals surface area contributed by atoms with Crippen LogP contribution in [0.2, 0.25) is 0 Å². The molecule has 0 amide bonds. The van der Waals surface area contributed by atoms with Gasteiger partial charge in [0.2, 0.25) is 0 Å². The van der Waals surface area contributed by atoms with Crippen LogP contribution in [0.25, 0.3) is 16.6 Å². The molecule has 0 atom stereocenters. The zero-order valence-electron chi connectivity index (χ0n) is 16.3. The number of aromatic nitrogens is 2. The minimum Gasteiger partial charge on any atom is -0.293 e. The summed E-state index contributed by atoms with van der Waals surface area (Å²) in [5.74, 6) is -0.518. The number of para-hydroxylation sites is 2. The van der Waals surface area contributed by atoms with Gasteiger partial charge in [-0.1, -0.05) is 67.2 Å². The van der Waals surface area contributed by atoms with E-state index in [1.54, 1.807) is 48.5 Å². The average molecular weight is 418 g/mol. The van der Waals surface area contributed by atoms with E-state index in [1.165, 1.54) is 16.7 Å². The first-order chi connectivity index (χ1) is 14.6. The molecule has 150 valence electrons. The molecular formula is C24H19FN2O2S. The molecule has 4 nitrogen and oxygen atoms in total. The van der Waals surface area contributed by atoms with Crippen molar-refractivity contribution in [3.05, 3.63) is 100 Å². The average Bonchev–Trinajstić information content (AvgIpc) is 2.78. The Morgan fingerprint density at radius 1 is 1.00 bits per heavy atom. The van der Waals surface area contributed by atoms with E-state index in [9.17, 15) is 14.0 Å². The number of hydrogen-bond donors (Lipinski definition) is 0. The monoisotopic (exact) mass is 418 g/mol. The zero-order valence-corrected chi connectivity index (χ0v) is 17.2. The highest BCUT2D eigenvalue weighted by molar-refractivity contribution is 7.99. The number of rotatable bonds is 6. The lowest BCUT2D eigenvalue weighted by Gasteiger charge is -2.13. The second-order valence-corrected chi connectivity index (χ2v) is 7.71. The molecule has 0 saturated carbocycles. The van der Waals surface area contributed by atoms with Crippen LogP contribution < -0.4 is 5.56 Å². The van der Waals surface area contributed by atoms with Crippen LogP contribution in [0.15, 0.2) is 82.7 Å². The molecule has 1 heterocycles. The van der Waals surface area contributed by atoms with Gasteiger partial charge in [-0.25, -0.2) is 9.37 Å². The first kappa shape index (κ1) is 20.0. The lowest BCUT2D eigenvalue weighted by molar-refractivity contribution is 0.102. The van der Waals surface area contributed by atoms with E-state index in [-0.39, 0.29) is 27.9 Å². The standard InChI is InChI=1S/C24H19FN2O2S/c1-2-16-11-13-17(14-12-16)22(28)15-30-24-26-20-9-5-3-7-18(20)23(29)27(24)21-10-6-4-8-19(21)25/h3-14H,2,15H2,1H3. The van der Waals surface area contributed by atoms with Gasteiger partial charge in [0.25, 0.3) is 5.56 Å². The largest absolute Gasteiger partial charge is 0.293 e. The van der Waals surface area contributed by atoms with Crippen molar-refractivity contribution >= 4 is 28.4 Å². The Hall–Kier alpha value is -3.25. The number of halogens is 1. The van der Waals surface area contributed by atoms with Gasteiger partial charge < -0.3 is 0 Å². The summed E-state index contributed by atoms with van der Waals surface area (Å²) >= 11 is 1.13. The molecule has 0 N–H and O–H groups in total. The predicted molar refractivity (Wildman–Crippen MR) is 118 cm³/mol. The molecule has 4 rings (SSSR count). The van der Waals surface area contributed by atoms with Gasteiger partial charge in [-0.05, 0) is 36.2 Å². The molecular weight excluding hydrogens is 399 g/mol. The fourth-order valence-electron chi connectivity index (χ4n) is 3.19. The predicted octanol–water partition coefficient (Wildman–Crippen LogP) is 5.06. The van der Waals surface area contributed by atoms with Crippen LogP contribution in [-0.4, -0.2) is 21.1 Å². The number of fused-ring (bicyclic) bond motifs is 1. The third-order valence-electron chi connectivity index (χ3n) is 4.85. The van der Waals surface area contributed by atoms with E-state index in [1.807, 2.05) is 12.1 Å². The van der Waals surface area contributed by atoms with Crippen LogP contribution in [0.5, 0.6) is 0 Å². The summed E-state index contributed by atoms with van der Waals surface area (Å²) in [7, 11) is 0. The highest BCUT2D eigenvalue weighted by atomic mass is 32.2. The van der Waals surface area contributed by atoms with Crippen molar-refractivity contribution < 1.29 is 9.18 Å². The van der Waals surface area contributed by atoms with Gasteiger partial charge >= 0.3 is 0 Å². The molecule has 4 aromatic rings. The fraction of sp³-hybridized carbons (Fsp3) is 0.125. The minimum absolute atomic E-state index is 0.0786. The number of ketones is 1. The van der Waals surface area contributed by atoms with E-state index in [2.05, 4.69) is 11.9 Å². The van der Waals surface area contributed by atoms with Crippen molar-refractivity contribution in [2.24, 2.45) is 0 Å². The smallest absolute Gasteiger partial charge is 0.266 e. The molecule has 1 aromatic heterocycles. The van der Waals surface area contributed by atoms with Crippen molar-refractivity contribution in [1.82, 2.24) is 9.55 Å². The summed E-state index contributed by atoms with van der Waals surface area (Å²) in [6.45, 7) is 2.06. The first-order valence-corrected chi connectivity index (χ1v) is 10.6. The summed E-state index contributed by atoms with van der Waals surface area (Å²) in [5, 5.41) is 0.675. The summed E-state index contributed by atoms with van der Waals surface area (Å²) in [6.07, 6.45) is 0.902. The first-order valence-electron chi connectivity index (χ1n) is 9.60. The maximum Gasteiger partial charge on any atom is 0.266 e.